The molecule has 0 radical (unpaired) electrons. The van der Waals surface area contributed by atoms with E-state index in [1.807, 2.05) is 6.08 Å². The molecule has 146 valence electrons. The second-order valence-corrected chi connectivity index (χ2v) is 8.61. The van der Waals surface area contributed by atoms with Crippen molar-refractivity contribution in [3.05, 3.63) is 12.7 Å². The summed E-state index contributed by atoms with van der Waals surface area (Å²) < 4.78 is 0. The lowest BCUT2D eigenvalue weighted by atomic mass is 9.69. The fraction of sp³-hybridized carbons (Fsp3) is 0.810. The highest BCUT2D eigenvalue weighted by Gasteiger charge is 2.53. The van der Waals surface area contributed by atoms with Gasteiger partial charge in [0.2, 0.25) is 0 Å². The molecule has 0 aromatic heterocycles. The molecule has 3 atom stereocenters. The lowest BCUT2D eigenvalue weighted by molar-refractivity contribution is -0.133. The fourth-order valence-corrected chi connectivity index (χ4v) is 5.38. The van der Waals surface area contributed by atoms with Crippen LogP contribution in [0, 0.1) is 17.2 Å². The zero-order chi connectivity index (χ0) is 18.6. The van der Waals surface area contributed by atoms with Crippen molar-refractivity contribution in [3.8, 4) is 0 Å². The van der Waals surface area contributed by atoms with Gasteiger partial charge in [-0.3, -0.25) is 15.1 Å². The molecule has 5 heteroatoms. The fourth-order valence-electron chi connectivity index (χ4n) is 5.38. The first-order chi connectivity index (χ1) is 12.6. The van der Waals surface area contributed by atoms with Gasteiger partial charge in [-0.1, -0.05) is 44.6 Å². The number of amides is 1. The van der Waals surface area contributed by atoms with Crippen molar-refractivity contribution in [2.45, 2.75) is 82.2 Å². The summed E-state index contributed by atoms with van der Waals surface area (Å²) in [5.41, 5.74) is -0.558. The van der Waals surface area contributed by atoms with Gasteiger partial charge in [-0.15, -0.1) is 6.58 Å². The van der Waals surface area contributed by atoms with Crippen molar-refractivity contribution in [3.63, 3.8) is 0 Å². The summed E-state index contributed by atoms with van der Waals surface area (Å²) in [6, 6.07) is 0.452. The van der Waals surface area contributed by atoms with E-state index in [0.717, 1.165) is 44.6 Å². The van der Waals surface area contributed by atoms with Gasteiger partial charge in [0.1, 0.15) is 5.54 Å². The van der Waals surface area contributed by atoms with Crippen molar-refractivity contribution in [1.29, 1.82) is 5.41 Å². The molecule has 0 spiro atoms. The third kappa shape index (κ3) is 3.98. The highest BCUT2D eigenvalue weighted by molar-refractivity contribution is 6.07. The molecule has 1 saturated heterocycles. The first-order valence-electron chi connectivity index (χ1n) is 10.6. The Hall–Kier alpha value is -1.36. The van der Waals surface area contributed by atoms with Crippen LogP contribution in [0.3, 0.4) is 0 Å². The lowest BCUT2D eigenvalue weighted by Crippen LogP contribution is -2.56. The zero-order valence-electron chi connectivity index (χ0n) is 16.4. The highest BCUT2D eigenvalue weighted by atomic mass is 16.2. The van der Waals surface area contributed by atoms with Crippen molar-refractivity contribution in [2.24, 2.45) is 11.8 Å². The molecular formula is C21H36N4O. The number of hydrogen-bond acceptors (Lipinski definition) is 3. The van der Waals surface area contributed by atoms with Gasteiger partial charge in [0.25, 0.3) is 5.91 Å². The first-order valence-corrected chi connectivity index (χ1v) is 10.6. The number of nitrogens with one attached hydrogen (secondary N) is 3. The van der Waals surface area contributed by atoms with Crippen LogP contribution in [0.15, 0.2) is 12.7 Å². The van der Waals surface area contributed by atoms with Gasteiger partial charge in [-0.25, -0.2) is 0 Å². The third-order valence-electron chi connectivity index (χ3n) is 6.96. The molecule has 3 rings (SSSR count). The zero-order valence-corrected chi connectivity index (χ0v) is 16.4. The van der Waals surface area contributed by atoms with Crippen LogP contribution in [-0.4, -0.2) is 41.9 Å². The van der Waals surface area contributed by atoms with E-state index in [1.54, 1.807) is 7.05 Å². The maximum absolute atomic E-state index is 13.2. The molecule has 1 heterocycles. The highest BCUT2D eigenvalue weighted by Crippen LogP contribution is 2.41. The van der Waals surface area contributed by atoms with E-state index in [-0.39, 0.29) is 11.9 Å². The molecule has 0 aromatic rings. The van der Waals surface area contributed by atoms with Gasteiger partial charge in [-0.2, -0.15) is 0 Å². The van der Waals surface area contributed by atoms with Crippen molar-refractivity contribution in [2.75, 3.05) is 13.6 Å². The van der Waals surface area contributed by atoms with Crippen LogP contribution in [0.2, 0.25) is 0 Å². The molecule has 2 aliphatic carbocycles. The van der Waals surface area contributed by atoms with E-state index in [4.69, 9.17) is 5.41 Å². The molecular weight excluding hydrogens is 324 g/mol. The minimum atomic E-state index is -0.558. The van der Waals surface area contributed by atoms with Gasteiger partial charge in [0, 0.05) is 19.6 Å². The number of hydrogen-bond donors (Lipinski definition) is 3. The SMILES string of the molecule is C=CCN[C@H]1CCC[C@@H]([C@@]2(CCC3CCCCC3)NC(=N)N(C)C2=O)C1. The molecule has 2 saturated carbocycles. The summed E-state index contributed by atoms with van der Waals surface area (Å²) in [5.74, 6) is 1.46. The molecule has 0 unspecified atom stereocenters. The Balaban J connectivity index is 1.73. The van der Waals surface area contributed by atoms with Crippen LogP contribution < -0.4 is 10.6 Å². The van der Waals surface area contributed by atoms with Crippen LogP contribution in [-0.2, 0) is 4.79 Å². The summed E-state index contributed by atoms with van der Waals surface area (Å²) in [7, 11) is 1.75. The summed E-state index contributed by atoms with van der Waals surface area (Å²) >= 11 is 0. The Morgan fingerprint density at radius 1 is 1.27 bits per heavy atom. The average Bonchev–Trinajstić information content (AvgIpc) is 2.90. The molecule has 5 nitrogen and oxygen atoms in total. The summed E-state index contributed by atoms with van der Waals surface area (Å²) in [5, 5.41) is 15.1. The molecule has 3 N–H and O–H groups in total. The first kappa shape index (κ1) is 19.4. The molecule has 1 aliphatic heterocycles. The van der Waals surface area contributed by atoms with Crippen LogP contribution >= 0.6 is 0 Å². The summed E-state index contributed by atoms with van der Waals surface area (Å²) in [6.07, 6.45) is 15.0. The number of rotatable bonds is 7. The maximum atomic E-state index is 13.2. The Bertz CT molecular complexity index is 528. The topological polar surface area (TPSA) is 68.2 Å². The Morgan fingerprint density at radius 2 is 2.04 bits per heavy atom. The predicted molar refractivity (Wildman–Crippen MR) is 106 cm³/mol. The molecule has 3 fully saturated rings. The van der Waals surface area contributed by atoms with Crippen LogP contribution in [0.1, 0.15) is 70.6 Å². The predicted octanol–water partition coefficient (Wildman–Crippen LogP) is 3.42. The quantitative estimate of drug-likeness (QED) is 0.609. The average molecular weight is 361 g/mol. The molecule has 3 aliphatic rings. The minimum Gasteiger partial charge on any atom is -0.341 e. The van der Waals surface area contributed by atoms with E-state index < -0.39 is 5.54 Å². The van der Waals surface area contributed by atoms with E-state index >= 15 is 0 Å². The number of likely N-dealkylation sites (N-methyl/N-ethyl adjacent to an activating group) is 1. The smallest absolute Gasteiger partial charge is 0.255 e. The standard InChI is InChI=1S/C21H36N4O/c1-3-14-23-18-11-7-10-17(15-18)21(19(26)25(2)20(22)24-21)13-12-16-8-5-4-6-9-16/h3,16-18,23H,1,4-15H2,2H3,(H2,22,24)/t17-,18+,21-/m1/s1. The minimum absolute atomic E-state index is 0.118. The number of guanidine groups is 1. The normalized spacial score (nSPS) is 33.3. The Morgan fingerprint density at radius 3 is 2.69 bits per heavy atom. The van der Waals surface area contributed by atoms with Crippen LogP contribution in [0.25, 0.3) is 0 Å². The van der Waals surface area contributed by atoms with Crippen molar-refractivity contribution < 1.29 is 4.79 Å². The van der Waals surface area contributed by atoms with Crippen molar-refractivity contribution in [1.82, 2.24) is 15.5 Å². The second kappa shape index (κ2) is 8.55. The van der Waals surface area contributed by atoms with Gasteiger partial charge in [-0.05, 0) is 43.9 Å². The monoisotopic (exact) mass is 360 g/mol. The van der Waals surface area contributed by atoms with Crippen molar-refractivity contribution >= 4 is 11.9 Å². The summed E-state index contributed by atoms with van der Waals surface area (Å²) in [4.78, 5) is 14.7. The van der Waals surface area contributed by atoms with Crippen LogP contribution in [0.4, 0.5) is 0 Å². The van der Waals surface area contributed by atoms with Gasteiger partial charge >= 0.3 is 0 Å². The van der Waals surface area contributed by atoms with E-state index in [0.29, 0.717) is 12.0 Å². The second-order valence-electron chi connectivity index (χ2n) is 8.61. The van der Waals surface area contributed by atoms with Crippen LogP contribution in [0.5, 0.6) is 0 Å². The number of nitrogens with zero attached hydrogens (tertiary/aromatic N) is 1. The molecule has 1 amide bonds. The van der Waals surface area contributed by atoms with Gasteiger partial charge < -0.3 is 10.6 Å². The molecule has 0 bridgehead atoms. The van der Waals surface area contributed by atoms with E-state index in [1.165, 1.54) is 43.4 Å². The number of carbonyl (C=O) groups excluding carboxylic acids is 1. The lowest BCUT2D eigenvalue weighted by Gasteiger charge is -2.41. The Labute approximate surface area is 158 Å². The Kier molecular flexibility index (Phi) is 6.38. The largest absolute Gasteiger partial charge is 0.341 e. The van der Waals surface area contributed by atoms with Gasteiger partial charge in [0.15, 0.2) is 5.96 Å². The molecule has 26 heavy (non-hydrogen) atoms. The summed E-state index contributed by atoms with van der Waals surface area (Å²) in [6.45, 7) is 4.63. The van der Waals surface area contributed by atoms with E-state index in [9.17, 15) is 4.79 Å². The third-order valence-corrected chi connectivity index (χ3v) is 6.96. The van der Waals surface area contributed by atoms with Gasteiger partial charge in [0.05, 0.1) is 0 Å². The maximum Gasteiger partial charge on any atom is 0.255 e. The van der Waals surface area contributed by atoms with E-state index in [2.05, 4.69) is 17.2 Å². The molecule has 0 aromatic carbocycles. The number of carbonyl (C=O) groups is 1.